The third kappa shape index (κ3) is 3.16. The van der Waals surface area contributed by atoms with Crippen LogP contribution in [0.1, 0.15) is 30.7 Å². The zero-order valence-corrected chi connectivity index (χ0v) is 13.2. The van der Waals surface area contributed by atoms with Crippen LogP contribution in [0.25, 0.3) is 0 Å². The molecule has 0 amide bonds. The van der Waals surface area contributed by atoms with Crippen molar-refractivity contribution in [1.82, 2.24) is 0 Å². The molecule has 0 saturated heterocycles. The monoisotopic (exact) mass is 381 g/mol. The van der Waals surface area contributed by atoms with Gasteiger partial charge in [-0.05, 0) is 65.5 Å². The van der Waals surface area contributed by atoms with E-state index >= 15 is 0 Å². The Balaban J connectivity index is 0.00000162. The number of ether oxygens (including phenoxy) is 1. The van der Waals surface area contributed by atoms with E-state index < -0.39 is 5.54 Å². The standard InChI is InChI=1S/C13H16INO2.ClH/c1-17-12(16)13(15)7-6-10(8-13)9-2-4-11(14)5-3-9;/h2-5,10H,6-8,15H2,1H3;1H/t10-,13-;/m1./s1. The van der Waals surface area contributed by atoms with Gasteiger partial charge in [-0.25, -0.2) is 0 Å². The molecule has 100 valence electrons. The Labute approximate surface area is 127 Å². The molecule has 1 saturated carbocycles. The summed E-state index contributed by atoms with van der Waals surface area (Å²) < 4.78 is 5.99. The molecule has 18 heavy (non-hydrogen) atoms. The first kappa shape index (κ1) is 15.7. The first-order valence-corrected chi connectivity index (χ1v) is 6.76. The molecule has 0 unspecified atom stereocenters. The Morgan fingerprint density at radius 3 is 2.61 bits per heavy atom. The number of hydrogen-bond donors (Lipinski definition) is 1. The van der Waals surface area contributed by atoms with E-state index in [-0.39, 0.29) is 18.4 Å². The predicted molar refractivity (Wildman–Crippen MR) is 81.9 cm³/mol. The molecule has 1 aromatic rings. The normalized spacial score (nSPS) is 26.5. The van der Waals surface area contributed by atoms with Crippen LogP contribution in [0.3, 0.4) is 0 Å². The number of benzene rings is 1. The van der Waals surface area contributed by atoms with Crippen LogP contribution in [-0.4, -0.2) is 18.6 Å². The van der Waals surface area contributed by atoms with Crippen molar-refractivity contribution in [3.8, 4) is 0 Å². The fraction of sp³-hybridized carbons (Fsp3) is 0.462. The molecule has 0 aromatic heterocycles. The van der Waals surface area contributed by atoms with Crippen LogP contribution < -0.4 is 5.73 Å². The molecule has 2 rings (SSSR count). The topological polar surface area (TPSA) is 52.3 Å². The highest BCUT2D eigenvalue weighted by Crippen LogP contribution is 2.40. The SMILES string of the molecule is COC(=O)[C@@]1(N)CC[C@@H](c2ccc(I)cc2)C1.Cl. The molecule has 0 radical (unpaired) electrons. The molecule has 2 N–H and O–H groups in total. The number of halogens is 2. The van der Waals surface area contributed by atoms with Crippen molar-refractivity contribution < 1.29 is 9.53 Å². The lowest BCUT2D eigenvalue weighted by Crippen LogP contribution is -2.46. The molecule has 1 aliphatic carbocycles. The van der Waals surface area contributed by atoms with Crippen molar-refractivity contribution >= 4 is 41.0 Å². The van der Waals surface area contributed by atoms with Gasteiger partial charge >= 0.3 is 5.97 Å². The molecule has 1 fully saturated rings. The van der Waals surface area contributed by atoms with Crippen LogP contribution in [0.4, 0.5) is 0 Å². The Hall–Kier alpha value is -0.330. The van der Waals surface area contributed by atoms with E-state index in [4.69, 9.17) is 10.5 Å². The van der Waals surface area contributed by atoms with E-state index in [9.17, 15) is 4.79 Å². The number of nitrogens with two attached hydrogens (primary N) is 1. The average molecular weight is 382 g/mol. The second kappa shape index (κ2) is 6.21. The number of rotatable bonds is 2. The molecule has 0 aliphatic heterocycles. The largest absolute Gasteiger partial charge is 0.468 e. The molecule has 1 aliphatic rings. The van der Waals surface area contributed by atoms with Gasteiger partial charge < -0.3 is 10.5 Å². The second-order valence-corrected chi connectivity index (χ2v) is 5.88. The molecule has 2 atom stereocenters. The van der Waals surface area contributed by atoms with Crippen molar-refractivity contribution in [2.45, 2.75) is 30.7 Å². The Morgan fingerprint density at radius 2 is 2.06 bits per heavy atom. The van der Waals surface area contributed by atoms with Crippen LogP contribution in [0, 0.1) is 3.57 Å². The summed E-state index contributed by atoms with van der Waals surface area (Å²) in [6, 6.07) is 8.42. The van der Waals surface area contributed by atoms with E-state index in [0.717, 1.165) is 6.42 Å². The summed E-state index contributed by atoms with van der Waals surface area (Å²) in [6.45, 7) is 0. The summed E-state index contributed by atoms with van der Waals surface area (Å²) in [5.41, 5.74) is 6.57. The lowest BCUT2D eigenvalue weighted by Gasteiger charge is -2.20. The van der Waals surface area contributed by atoms with E-state index in [2.05, 4.69) is 46.9 Å². The van der Waals surface area contributed by atoms with Gasteiger partial charge in [-0.1, -0.05) is 12.1 Å². The number of carbonyl (C=O) groups excluding carboxylic acids is 1. The highest BCUT2D eigenvalue weighted by atomic mass is 127. The Morgan fingerprint density at radius 1 is 1.44 bits per heavy atom. The first-order valence-electron chi connectivity index (χ1n) is 5.68. The van der Waals surface area contributed by atoms with E-state index in [1.54, 1.807) is 0 Å². The van der Waals surface area contributed by atoms with Gasteiger partial charge in [0.2, 0.25) is 0 Å². The number of hydrogen-bond acceptors (Lipinski definition) is 3. The van der Waals surface area contributed by atoms with Crippen molar-refractivity contribution in [2.24, 2.45) is 5.73 Å². The van der Waals surface area contributed by atoms with E-state index in [1.807, 2.05) is 0 Å². The van der Waals surface area contributed by atoms with Gasteiger partial charge in [0.1, 0.15) is 5.54 Å². The maximum absolute atomic E-state index is 11.6. The van der Waals surface area contributed by atoms with Gasteiger partial charge in [0, 0.05) is 3.57 Å². The lowest BCUT2D eigenvalue weighted by atomic mass is 9.93. The molecular weight excluding hydrogens is 365 g/mol. The second-order valence-electron chi connectivity index (χ2n) is 4.64. The summed E-state index contributed by atoms with van der Waals surface area (Å²) in [7, 11) is 1.40. The van der Waals surface area contributed by atoms with Gasteiger partial charge in [-0.2, -0.15) is 0 Å². The van der Waals surface area contributed by atoms with Crippen LogP contribution >= 0.6 is 35.0 Å². The quantitative estimate of drug-likeness (QED) is 0.633. The van der Waals surface area contributed by atoms with Gasteiger partial charge in [0.05, 0.1) is 7.11 Å². The first-order chi connectivity index (χ1) is 8.05. The molecule has 5 heteroatoms. The highest BCUT2D eigenvalue weighted by molar-refractivity contribution is 14.1. The maximum atomic E-state index is 11.6. The summed E-state index contributed by atoms with van der Waals surface area (Å²) in [5, 5.41) is 0. The fourth-order valence-corrected chi connectivity index (χ4v) is 2.84. The minimum atomic E-state index is -0.789. The fourth-order valence-electron chi connectivity index (χ4n) is 2.48. The summed E-state index contributed by atoms with van der Waals surface area (Å²) >= 11 is 2.28. The van der Waals surface area contributed by atoms with Crippen molar-refractivity contribution in [2.75, 3.05) is 7.11 Å². The third-order valence-electron chi connectivity index (χ3n) is 3.48. The number of methoxy groups -OCH3 is 1. The minimum Gasteiger partial charge on any atom is -0.468 e. The number of esters is 1. The lowest BCUT2D eigenvalue weighted by molar-refractivity contribution is -0.146. The highest BCUT2D eigenvalue weighted by Gasteiger charge is 2.43. The summed E-state index contributed by atoms with van der Waals surface area (Å²) in [4.78, 5) is 11.6. The predicted octanol–water partition coefficient (Wildman–Crippen LogP) is 2.85. The zero-order valence-electron chi connectivity index (χ0n) is 10.2. The average Bonchev–Trinajstić information content (AvgIpc) is 2.73. The van der Waals surface area contributed by atoms with Gasteiger partial charge in [0.15, 0.2) is 0 Å². The summed E-state index contributed by atoms with van der Waals surface area (Å²) in [6.07, 6.45) is 2.34. The van der Waals surface area contributed by atoms with E-state index in [1.165, 1.54) is 16.2 Å². The van der Waals surface area contributed by atoms with Crippen molar-refractivity contribution in [1.29, 1.82) is 0 Å². The minimum absolute atomic E-state index is 0. The van der Waals surface area contributed by atoms with Gasteiger partial charge in [-0.3, -0.25) is 4.79 Å². The molecule has 0 bridgehead atoms. The van der Waals surface area contributed by atoms with Crippen molar-refractivity contribution in [3.63, 3.8) is 0 Å². The van der Waals surface area contributed by atoms with E-state index in [0.29, 0.717) is 18.8 Å². The van der Waals surface area contributed by atoms with Crippen LogP contribution in [-0.2, 0) is 9.53 Å². The molecule has 0 spiro atoms. The smallest absolute Gasteiger partial charge is 0.325 e. The molecular formula is C13H17ClINO2. The zero-order chi connectivity index (χ0) is 12.5. The molecule has 1 aromatic carbocycles. The molecule has 0 heterocycles. The molecule has 3 nitrogen and oxygen atoms in total. The summed E-state index contributed by atoms with van der Waals surface area (Å²) in [5.74, 6) is 0.0848. The van der Waals surface area contributed by atoms with Crippen LogP contribution in [0.15, 0.2) is 24.3 Å². The number of carbonyl (C=O) groups is 1. The van der Waals surface area contributed by atoms with Gasteiger partial charge in [0.25, 0.3) is 0 Å². The van der Waals surface area contributed by atoms with Gasteiger partial charge in [-0.15, -0.1) is 12.4 Å². The van der Waals surface area contributed by atoms with Crippen LogP contribution in [0.2, 0.25) is 0 Å². The maximum Gasteiger partial charge on any atom is 0.325 e. The Bertz CT molecular complexity index is 424. The van der Waals surface area contributed by atoms with Crippen molar-refractivity contribution in [3.05, 3.63) is 33.4 Å². The Kier molecular flexibility index (Phi) is 5.43. The third-order valence-corrected chi connectivity index (χ3v) is 4.20. The van der Waals surface area contributed by atoms with Crippen LogP contribution in [0.5, 0.6) is 0 Å².